The smallest absolute Gasteiger partial charge is 0.254 e. The van der Waals surface area contributed by atoms with Gasteiger partial charge in [0.15, 0.2) is 0 Å². The lowest BCUT2D eigenvalue weighted by atomic mass is 10.1. The largest absolute Gasteiger partial charge is 0.497 e. The van der Waals surface area contributed by atoms with E-state index in [1.165, 1.54) is 0 Å². The van der Waals surface area contributed by atoms with Gasteiger partial charge < -0.3 is 24.2 Å². The molecule has 0 radical (unpaired) electrons. The van der Waals surface area contributed by atoms with Gasteiger partial charge >= 0.3 is 0 Å². The van der Waals surface area contributed by atoms with E-state index in [0.717, 1.165) is 18.7 Å². The number of carbonyl (C=O) groups excluding carboxylic acids is 1. The minimum atomic E-state index is -0.325. The number of aliphatic hydroxyl groups excluding tert-OH is 1. The summed E-state index contributed by atoms with van der Waals surface area (Å²) < 4.78 is 16.2. The van der Waals surface area contributed by atoms with Gasteiger partial charge in [-0.05, 0) is 30.7 Å². The van der Waals surface area contributed by atoms with Gasteiger partial charge in [-0.25, -0.2) is 0 Å². The third-order valence-corrected chi connectivity index (χ3v) is 4.78. The first-order valence-electron chi connectivity index (χ1n) is 9.51. The van der Waals surface area contributed by atoms with Gasteiger partial charge in [-0.15, -0.1) is 0 Å². The zero-order chi connectivity index (χ0) is 19.6. The van der Waals surface area contributed by atoms with Gasteiger partial charge in [0, 0.05) is 45.4 Å². The zero-order valence-electron chi connectivity index (χ0n) is 16.6. The Hall–Kier alpha value is -1.67. The summed E-state index contributed by atoms with van der Waals surface area (Å²) in [5.74, 6) is 0.666. The molecule has 1 saturated heterocycles. The van der Waals surface area contributed by atoms with Crippen molar-refractivity contribution in [3.63, 3.8) is 0 Å². The van der Waals surface area contributed by atoms with E-state index in [4.69, 9.17) is 14.2 Å². The Morgan fingerprint density at radius 3 is 2.74 bits per heavy atom. The summed E-state index contributed by atoms with van der Waals surface area (Å²) in [4.78, 5) is 16.9. The fourth-order valence-electron chi connectivity index (χ4n) is 3.12. The normalized spacial score (nSPS) is 18.9. The maximum atomic E-state index is 13.0. The van der Waals surface area contributed by atoms with Crippen LogP contribution in [-0.4, -0.2) is 93.2 Å². The molecule has 1 aromatic rings. The van der Waals surface area contributed by atoms with Crippen LogP contribution < -0.4 is 4.74 Å². The molecule has 0 saturated carbocycles. The second kappa shape index (κ2) is 11.2. The van der Waals surface area contributed by atoms with Crippen molar-refractivity contribution in [3.8, 4) is 5.75 Å². The van der Waals surface area contributed by atoms with Gasteiger partial charge in [-0.1, -0.05) is 6.92 Å². The number of hydrogen-bond acceptors (Lipinski definition) is 6. The maximum absolute atomic E-state index is 13.0. The van der Waals surface area contributed by atoms with Crippen LogP contribution in [0.2, 0.25) is 0 Å². The third kappa shape index (κ3) is 6.77. The lowest BCUT2D eigenvalue weighted by molar-refractivity contribution is -0.0517. The molecule has 7 heteroatoms. The molecule has 0 unspecified atom stereocenters. The number of rotatable bonds is 10. The molecule has 0 aromatic heterocycles. The second-order valence-corrected chi connectivity index (χ2v) is 6.79. The second-order valence-electron chi connectivity index (χ2n) is 6.79. The van der Waals surface area contributed by atoms with Crippen molar-refractivity contribution in [1.82, 2.24) is 9.80 Å². The molecular weight excluding hydrogens is 348 g/mol. The molecule has 1 aliphatic heterocycles. The van der Waals surface area contributed by atoms with Crippen LogP contribution in [-0.2, 0) is 9.47 Å². The van der Waals surface area contributed by atoms with Crippen LogP contribution in [0.4, 0.5) is 0 Å². The third-order valence-electron chi connectivity index (χ3n) is 4.78. The molecule has 2 rings (SSSR count). The highest BCUT2D eigenvalue weighted by Gasteiger charge is 2.26. The maximum Gasteiger partial charge on any atom is 0.254 e. The number of methoxy groups -OCH3 is 2. The Morgan fingerprint density at radius 1 is 1.37 bits per heavy atom. The SMILES string of the molecule is CC[C@@H](O)CN1CCO[C@H](CN(CCOC)C(=O)c2ccc(OC)cc2)C1. The molecule has 27 heavy (non-hydrogen) atoms. The average Bonchev–Trinajstić information content (AvgIpc) is 2.70. The van der Waals surface area contributed by atoms with E-state index >= 15 is 0 Å². The van der Waals surface area contributed by atoms with Crippen molar-refractivity contribution in [2.24, 2.45) is 0 Å². The number of hydrogen-bond donors (Lipinski definition) is 1. The fraction of sp³-hybridized carbons (Fsp3) is 0.650. The summed E-state index contributed by atoms with van der Waals surface area (Å²) in [5, 5.41) is 9.90. The summed E-state index contributed by atoms with van der Waals surface area (Å²) in [7, 11) is 3.23. The monoisotopic (exact) mass is 380 g/mol. The number of aliphatic hydroxyl groups is 1. The molecule has 1 fully saturated rings. The average molecular weight is 380 g/mol. The standard InChI is InChI=1S/C20H32N2O5/c1-4-17(23)13-21-9-12-27-19(14-21)15-22(10-11-25-2)20(24)16-5-7-18(26-3)8-6-16/h5-8,17,19,23H,4,9-15H2,1-3H3/t17-,19+/m1/s1. The minimum absolute atomic E-state index is 0.0518. The fourth-order valence-corrected chi connectivity index (χ4v) is 3.12. The van der Waals surface area contributed by atoms with Crippen LogP contribution in [0.3, 0.4) is 0 Å². The summed E-state index contributed by atoms with van der Waals surface area (Å²) in [6, 6.07) is 7.11. The highest BCUT2D eigenvalue weighted by Crippen LogP contribution is 2.15. The number of nitrogens with zero attached hydrogens (tertiary/aromatic N) is 2. The first-order valence-corrected chi connectivity index (χ1v) is 9.51. The first-order chi connectivity index (χ1) is 13.1. The van der Waals surface area contributed by atoms with Crippen molar-refractivity contribution in [2.75, 3.05) is 60.2 Å². The highest BCUT2D eigenvalue weighted by molar-refractivity contribution is 5.94. The topological polar surface area (TPSA) is 71.5 Å². The van der Waals surface area contributed by atoms with Crippen LogP contribution in [0.15, 0.2) is 24.3 Å². The summed E-state index contributed by atoms with van der Waals surface area (Å²) in [6.07, 6.45) is 0.328. The van der Waals surface area contributed by atoms with E-state index in [1.54, 1.807) is 43.4 Å². The van der Waals surface area contributed by atoms with Crippen molar-refractivity contribution < 1.29 is 24.1 Å². The quantitative estimate of drug-likeness (QED) is 0.659. The zero-order valence-corrected chi connectivity index (χ0v) is 16.6. The Bertz CT molecular complexity index is 566. The summed E-state index contributed by atoms with van der Waals surface area (Å²) in [5.41, 5.74) is 0.612. The molecule has 2 atom stereocenters. The van der Waals surface area contributed by atoms with E-state index in [2.05, 4.69) is 4.90 Å². The van der Waals surface area contributed by atoms with Crippen LogP contribution in [0.25, 0.3) is 0 Å². The van der Waals surface area contributed by atoms with E-state index in [9.17, 15) is 9.90 Å². The Labute approximate surface area is 161 Å². The molecular formula is C20H32N2O5. The molecule has 1 amide bonds. The highest BCUT2D eigenvalue weighted by atomic mass is 16.5. The van der Waals surface area contributed by atoms with Crippen LogP contribution in [0.1, 0.15) is 23.7 Å². The Morgan fingerprint density at radius 2 is 2.11 bits per heavy atom. The van der Waals surface area contributed by atoms with E-state index in [1.807, 2.05) is 6.92 Å². The van der Waals surface area contributed by atoms with E-state index in [0.29, 0.717) is 45.0 Å². The van der Waals surface area contributed by atoms with Crippen LogP contribution in [0, 0.1) is 0 Å². The number of benzene rings is 1. The van der Waals surface area contributed by atoms with Gasteiger partial charge in [0.2, 0.25) is 0 Å². The number of ether oxygens (including phenoxy) is 3. The van der Waals surface area contributed by atoms with Crippen molar-refractivity contribution in [3.05, 3.63) is 29.8 Å². The van der Waals surface area contributed by atoms with E-state index in [-0.39, 0.29) is 18.1 Å². The molecule has 152 valence electrons. The van der Waals surface area contributed by atoms with Gasteiger partial charge in [0.25, 0.3) is 5.91 Å². The molecule has 1 aliphatic rings. The van der Waals surface area contributed by atoms with Gasteiger partial charge in [0.05, 0.1) is 32.5 Å². The van der Waals surface area contributed by atoms with Crippen molar-refractivity contribution in [2.45, 2.75) is 25.6 Å². The molecule has 0 bridgehead atoms. The molecule has 7 nitrogen and oxygen atoms in total. The van der Waals surface area contributed by atoms with Crippen LogP contribution >= 0.6 is 0 Å². The van der Waals surface area contributed by atoms with Crippen molar-refractivity contribution >= 4 is 5.91 Å². The minimum Gasteiger partial charge on any atom is -0.497 e. The van der Waals surface area contributed by atoms with Crippen molar-refractivity contribution in [1.29, 1.82) is 0 Å². The molecule has 0 spiro atoms. The van der Waals surface area contributed by atoms with Crippen LogP contribution in [0.5, 0.6) is 5.75 Å². The number of β-amino-alcohol motifs (C(OH)–C–C–N with tert-alkyl or cyclic N) is 1. The van der Waals surface area contributed by atoms with Gasteiger partial charge in [0.1, 0.15) is 5.75 Å². The summed E-state index contributed by atoms with van der Waals surface area (Å²) >= 11 is 0. The van der Waals surface area contributed by atoms with E-state index < -0.39 is 0 Å². The molecule has 0 aliphatic carbocycles. The lowest BCUT2D eigenvalue weighted by Gasteiger charge is -2.36. The lowest BCUT2D eigenvalue weighted by Crippen LogP contribution is -2.50. The molecule has 1 aromatic carbocycles. The first kappa shape index (κ1) is 21.6. The number of amides is 1. The molecule has 1 N–H and O–H groups in total. The predicted octanol–water partition coefficient (Wildman–Crippen LogP) is 1.26. The number of morpholine rings is 1. The number of carbonyl (C=O) groups is 1. The summed E-state index contributed by atoms with van der Waals surface area (Å²) in [6.45, 7) is 6.19. The molecule has 1 heterocycles. The Balaban J connectivity index is 2.00. The Kier molecular flexibility index (Phi) is 9.00. The predicted molar refractivity (Wildman–Crippen MR) is 103 cm³/mol. The van der Waals surface area contributed by atoms with Gasteiger partial charge in [-0.3, -0.25) is 9.69 Å². The van der Waals surface area contributed by atoms with Gasteiger partial charge in [-0.2, -0.15) is 0 Å².